The minimum atomic E-state index is -1.15. The van der Waals surface area contributed by atoms with Gasteiger partial charge in [0.05, 0.1) is 24.3 Å². The number of hydrogen-bond acceptors (Lipinski definition) is 4. The Morgan fingerprint density at radius 3 is 2.67 bits per heavy atom. The summed E-state index contributed by atoms with van der Waals surface area (Å²) >= 11 is 3.20. The predicted molar refractivity (Wildman–Crippen MR) is 79.4 cm³/mol. The first-order valence-corrected chi connectivity index (χ1v) is 6.96. The average Bonchev–Trinajstić information content (AvgIpc) is 2.38. The lowest BCUT2D eigenvalue weighted by Crippen LogP contribution is -2.31. The van der Waals surface area contributed by atoms with Crippen LogP contribution in [0, 0.1) is 0 Å². The molecule has 8 heteroatoms. The number of carbonyl (C=O) groups excluding carboxylic acids is 2. The molecule has 0 bridgehead atoms. The first kappa shape index (κ1) is 17.0. The Labute approximate surface area is 129 Å². The normalized spacial score (nSPS) is 9.81. The smallest absolute Gasteiger partial charge is 0.337 e. The Kier molecular flexibility index (Phi) is 6.67. The van der Waals surface area contributed by atoms with E-state index in [1.165, 1.54) is 12.1 Å². The zero-order chi connectivity index (χ0) is 15.8. The highest BCUT2D eigenvalue weighted by Crippen LogP contribution is 2.21. The summed E-state index contributed by atoms with van der Waals surface area (Å²) in [7, 11) is 0. The van der Waals surface area contributed by atoms with Crippen LogP contribution in [-0.2, 0) is 9.53 Å². The second-order valence-electron chi connectivity index (χ2n) is 3.93. The number of halogens is 1. The molecule has 0 heterocycles. The van der Waals surface area contributed by atoms with E-state index in [4.69, 9.17) is 9.84 Å². The molecule has 0 aliphatic carbocycles. The Hall–Kier alpha value is -2.09. The SMILES string of the molecule is CCOC(=O)CCNC(=O)Nc1cc(Br)ccc1C(=O)O. The first-order chi connectivity index (χ1) is 9.93. The number of nitrogens with one attached hydrogen (secondary N) is 2. The number of rotatable bonds is 6. The molecule has 0 saturated carbocycles. The maximum atomic E-state index is 11.7. The molecule has 0 aliphatic rings. The Morgan fingerprint density at radius 1 is 1.33 bits per heavy atom. The van der Waals surface area contributed by atoms with Gasteiger partial charge in [-0.3, -0.25) is 4.79 Å². The third kappa shape index (κ3) is 5.82. The van der Waals surface area contributed by atoms with E-state index in [0.29, 0.717) is 4.47 Å². The van der Waals surface area contributed by atoms with Gasteiger partial charge >= 0.3 is 18.0 Å². The number of aromatic carboxylic acids is 1. The van der Waals surface area contributed by atoms with Gasteiger partial charge in [-0.15, -0.1) is 0 Å². The predicted octanol–water partition coefficient (Wildman–Crippen LogP) is 2.22. The molecule has 1 aromatic rings. The van der Waals surface area contributed by atoms with E-state index in [9.17, 15) is 14.4 Å². The summed E-state index contributed by atoms with van der Waals surface area (Å²) in [4.78, 5) is 33.8. The minimum absolute atomic E-state index is 0.0289. The summed E-state index contributed by atoms with van der Waals surface area (Å²) in [5, 5.41) is 13.9. The highest BCUT2D eigenvalue weighted by molar-refractivity contribution is 9.10. The van der Waals surface area contributed by atoms with E-state index in [0.717, 1.165) is 0 Å². The van der Waals surface area contributed by atoms with E-state index < -0.39 is 18.0 Å². The number of hydrogen-bond donors (Lipinski definition) is 3. The topological polar surface area (TPSA) is 105 Å². The molecule has 114 valence electrons. The summed E-state index contributed by atoms with van der Waals surface area (Å²) in [6.45, 7) is 2.07. The van der Waals surface area contributed by atoms with Gasteiger partial charge in [-0.1, -0.05) is 15.9 Å². The number of carboxylic acids is 1. The molecule has 1 aromatic carbocycles. The van der Waals surface area contributed by atoms with Gasteiger partial charge in [0.1, 0.15) is 0 Å². The van der Waals surface area contributed by atoms with Crippen molar-refractivity contribution >= 4 is 39.6 Å². The van der Waals surface area contributed by atoms with Crippen molar-refractivity contribution in [3.05, 3.63) is 28.2 Å². The summed E-state index contributed by atoms with van der Waals surface area (Å²) in [5.41, 5.74) is 0.129. The van der Waals surface area contributed by atoms with Gasteiger partial charge in [0, 0.05) is 11.0 Å². The highest BCUT2D eigenvalue weighted by atomic mass is 79.9. The van der Waals surface area contributed by atoms with Gasteiger partial charge in [0.25, 0.3) is 0 Å². The summed E-state index contributed by atoms with van der Waals surface area (Å²) < 4.78 is 5.35. The van der Waals surface area contributed by atoms with Crippen molar-refractivity contribution in [1.82, 2.24) is 5.32 Å². The van der Waals surface area contributed by atoms with Crippen molar-refractivity contribution in [2.24, 2.45) is 0 Å². The van der Waals surface area contributed by atoms with Crippen LogP contribution < -0.4 is 10.6 Å². The molecular weight excluding hydrogens is 344 g/mol. The number of ether oxygens (including phenoxy) is 1. The fourth-order valence-electron chi connectivity index (χ4n) is 1.48. The molecule has 1 rings (SSSR count). The lowest BCUT2D eigenvalue weighted by molar-refractivity contribution is -0.142. The van der Waals surface area contributed by atoms with Crippen molar-refractivity contribution < 1.29 is 24.2 Å². The lowest BCUT2D eigenvalue weighted by atomic mass is 10.2. The van der Waals surface area contributed by atoms with Crippen LogP contribution in [0.3, 0.4) is 0 Å². The number of anilines is 1. The standard InChI is InChI=1S/C13H15BrN2O5/c1-2-21-11(17)5-6-15-13(20)16-10-7-8(14)3-4-9(10)12(18)19/h3-4,7H,2,5-6H2,1H3,(H,18,19)(H2,15,16,20). The monoisotopic (exact) mass is 358 g/mol. The fraction of sp³-hybridized carbons (Fsp3) is 0.308. The van der Waals surface area contributed by atoms with Crippen LogP contribution in [0.2, 0.25) is 0 Å². The zero-order valence-electron chi connectivity index (χ0n) is 11.3. The van der Waals surface area contributed by atoms with Gasteiger partial charge in [-0.05, 0) is 25.1 Å². The van der Waals surface area contributed by atoms with Gasteiger partial charge in [-0.2, -0.15) is 0 Å². The number of carboxylic acid groups (broad SMARTS) is 1. The van der Waals surface area contributed by atoms with Crippen molar-refractivity contribution in [3.8, 4) is 0 Å². The molecule has 2 amide bonds. The molecule has 0 radical (unpaired) electrons. The zero-order valence-corrected chi connectivity index (χ0v) is 12.9. The average molecular weight is 359 g/mol. The van der Waals surface area contributed by atoms with Crippen molar-refractivity contribution in [2.75, 3.05) is 18.5 Å². The van der Waals surface area contributed by atoms with Gasteiger partial charge in [0.15, 0.2) is 0 Å². The third-order valence-electron chi connectivity index (χ3n) is 2.38. The maximum absolute atomic E-state index is 11.7. The first-order valence-electron chi connectivity index (χ1n) is 6.17. The number of esters is 1. The van der Waals surface area contributed by atoms with Crippen LogP contribution in [0.4, 0.5) is 10.5 Å². The molecule has 0 saturated heterocycles. The quantitative estimate of drug-likeness (QED) is 0.676. The number of carbonyl (C=O) groups is 3. The lowest BCUT2D eigenvalue weighted by Gasteiger charge is -2.10. The van der Waals surface area contributed by atoms with E-state index >= 15 is 0 Å². The highest BCUT2D eigenvalue weighted by Gasteiger charge is 2.13. The summed E-state index contributed by atoms with van der Waals surface area (Å²) in [5.74, 6) is -1.56. The minimum Gasteiger partial charge on any atom is -0.478 e. The van der Waals surface area contributed by atoms with E-state index in [2.05, 4.69) is 26.6 Å². The molecule has 0 fully saturated rings. The van der Waals surface area contributed by atoms with E-state index in [1.807, 2.05) is 0 Å². The second kappa shape index (κ2) is 8.25. The Balaban J connectivity index is 2.57. The summed E-state index contributed by atoms with van der Waals surface area (Å²) in [6.07, 6.45) is 0.0472. The maximum Gasteiger partial charge on any atom is 0.337 e. The Morgan fingerprint density at radius 2 is 2.05 bits per heavy atom. The van der Waals surface area contributed by atoms with Gasteiger partial charge < -0.3 is 20.5 Å². The number of benzene rings is 1. The van der Waals surface area contributed by atoms with Crippen molar-refractivity contribution in [1.29, 1.82) is 0 Å². The molecule has 0 unspecified atom stereocenters. The van der Waals surface area contributed by atoms with Crippen LogP contribution >= 0.6 is 15.9 Å². The molecule has 0 aliphatic heterocycles. The number of urea groups is 1. The fourth-order valence-corrected chi connectivity index (χ4v) is 1.85. The molecule has 0 aromatic heterocycles. The number of amides is 2. The van der Waals surface area contributed by atoms with Crippen LogP contribution in [-0.4, -0.2) is 36.2 Å². The van der Waals surface area contributed by atoms with Crippen LogP contribution in [0.25, 0.3) is 0 Å². The van der Waals surface area contributed by atoms with Crippen LogP contribution in [0.5, 0.6) is 0 Å². The van der Waals surface area contributed by atoms with Gasteiger partial charge in [0.2, 0.25) is 0 Å². The van der Waals surface area contributed by atoms with Crippen LogP contribution in [0.1, 0.15) is 23.7 Å². The molecule has 0 spiro atoms. The molecule has 21 heavy (non-hydrogen) atoms. The molecule has 7 nitrogen and oxygen atoms in total. The van der Waals surface area contributed by atoms with Crippen LogP contribution in [0.15, 0.2) is 22.7 Å². The second-order valence-corrected chi connectivity index (χ2v) is 4.85. The van der Waals surface area contributed by atoms with Gasteiger partial charge in [-0.25, -0.2) is 9.59 Å². The Bertz CT molecular complexity index is 547. The largest absolute Gasteiger partial charge is 0.478 e. The van der Waals surface area contributed by atoms with E-state index in [1.54, 1.807) is 13.0 Å². The molecular formula is C13H15BrN2O5. The van der Waals surface area contributed by atoms with Crippen molar-refractivity contribution in [2.45, 2.75) is 13.3 Å². The summed E-state index contributed by atoms with van der Waals surface area (Å²) in [6, 6.07) is 3.82. The molecule has 3 N–H and O–H groups in total. The molecule has 0 atom stereocenters. The van der Waals surface area contributed by atoms with E-state index in [-0.39, 0.29) is 30.8 Å². The van der Waals surface area contributed by atoms with Crippen molar-refractivity contribution in [3.63, 3.8) is 0 Å². The third-order valence-corrected chi connectivity index (χ3v) is 2.87.